The summed E-state index contributed by atoms with van der Waals surface area (Å²) < 4.78 is 24.1. The van der Waals surface area contributed by atoms with E-state index in [1.807, 2.05) is 0 Å². The first-order valence-electron chi connectivity index (χ1n) is 2.85. The molecule has 1 heterocycles. The number of alkyl halides is 2. The van der Waals surface area contributed by atoms with Crippen molar-refractivity contribution in [3.05, 3.63) is 21.4 Å². The molecule has 0 amide bonds. The van der Waals surface area contributed by atoms with Crippen molar-refractivity contribution in [2.24, 2.45) is 0 Å². The second-order valence-electron chi connectivity index (χ2n) is 1.97. The van der Waals surface area contributed by atoms with Crippen LogP contribution in [0.3, 0.4) is 0 Å². The van der Waals surface area contributed by atoms with E-state index in [9.17, 15) is 8.78 Å². The molecule has 0 aliphatic rings. The lowest BCUT2D eigenvalue weighted by Gasteiger charge is -2.03. The SMILES string of the molecule is Oc1cc(Cl)c(C(F)F)nc1Br. The van der Waals surface area contributed by atoms with Crippen molar-refractivity contribution in [1.82, 2.24) is 4.98 Å². The van der Waals surface area contributed by atoms with Crippen LogP contribution in [0.15, 0.2) is 10.7 Å². The predicted octanol–water partition coefficient (Wildman–Crippen LogP) is 3.14. The number of hydrogen-bond donors (Lipinski definition) is 1. The van der Waals surface area contributed by atoms with E-state index < -0.39 is 12.1 Å². The molecule has 0 aliphatic heterocycles. The molecule has 0 unspecified atom stereocenters. The summed E-state index contributed by atoms with van der Waals surface area (Å²) in [6.45, 7) is 0. The minimum atomic E-state index is -2.74. The fraction of sp³-hybridized carbons (Fsp3) is 0.167. The summed E-state index contributed by atoms with van der Waals surface area (Å²) in [5.74, 6) is -0.260. The molecule has 12 heavy (non-hydrogen) atoms. The Labute approximate surface area is 80.3 Å². The highest BCUT2D eigenvalue weighted by Crippen LogP contribution is 2.31. The van der Waals surface area contributed by atoms with Gasteiger partial charge in [0.15, 0.2) is 0 Å². The van der Waals surface area contributed by atoms with Crippen LogP contribution in [0.1, 0.15) is 12.1 Å². The number of pyridine rings is 1. The van der Waals surface area contributed by atoms with Crippen molar-refractivity contribution in [3.63, 3.8) is 0 Å². The monoisotopic (exact) mass is 257 g/mol. The number of halogens is 4. The molecule has 2 nitrogen and oxygen atoms in total. The molecule has 1 N–H and O–H groups in total. The Morgan fingerprint density at radius 1 is 1.58 bits per heavy atom. The quantitative estimate of drug-likeness (QED) is 0.785. The summed E-state index contributed by atoms with van der Waals surface area (Å²) >= 11 is 8.17. The Morgan fingerprint density at radius 3 is 2.67 bits per heavy atom. The molecule has 66 valence electrons. The second kappa shape index (κ2) is 3.53. The maximum atomic E-state index is 12.1. The lowest BCUT2D eigenvalue weighted by Crippen LogP contribution is -1.92. The molecule has 0 radical (unpaired) electrons. The van der Waals surface area contributed by atoms with Gasteiger partial charge in [-0.15, -0.1) is 0 Å². The molecule has 0 fully saturated rings. The lowest BCUT2D eigenvalue weighted by atomic mass is 10.3. The van der Waals surface area contributed by atoms with Crippen LogP contribution in [0.2, 0.25) is 5.02 Å². The average Bonchev–Trinajstić information content (AvgIpc) is 1.96. The number of aromatic hydroxyl groups is 1. The molecular formula is C6H3BrClF2NO. The van der Waals surface area contributed by atoms with Gasteiger partial charge in [0.1, 0.15) is 16.0 Å². The molecular weight excluding hydrogens is 255 g/mol. The van der Waals surface area contributed by atoms with Crippen molar-refractivity contribution in [3.8, 4) is 5.75 Å². The molecule has 0 bridgehead atoms. The van der Waals surface area contributed by atoms with E-state index in [-0.39, 0.29) is 15.4 Å². The van der Waals surface area contributed by atoms with Crippen molar-refractivity contribution < 1.29 is 13.9 Å². The van der Waals surface area contributed by atoms with Gasteiger partial charge in [-0.3, -0.25) is 0 Å². The van der Waals surface area contributed by atoms with Crippen LogP contribution in [-0.4, -0.2) is 10.1 Å². The van der Waals surface area contributed by atoms with E-state index in [2.05, 4.69) is 20.9 Å². The molecule has 1 aromatic rings. The fourth-order valence-corrected chi connectivity index (χ4v) is 1.16. The Hall–Kier alpha value is -0.420. The zero-order valence-corrected chi connectivity index (χ0v) is 7.90. The zero-order valence-electron chi connectivity index (χ0n) is 5.56. The Kier molecular flexibility index (Phi) is 2.85. The molecule has 6 heteroatoms. The van der Waals surface area contributed by atoms with Gasteiger partial charge in [0.2, 0.25) is 0 Å². The minimum absolute atomic E-state index is 0.0396. The molecule has 1 rings (SSSR count). The Bertz CT molecular complexity index is 308. The van der Waals surface area contributed by atoms with Crippen LogP contribution < -0.4 is 0 Å². The van der Waals surface area contributed by atoms with E-state index in [0.29, 0.717) is 0 Å². The highest BCUT2D eigenvalue weighted by atomic mass is 79.9. The van der Waals surface area contributed by atoms with Crippen LogP contribution in [0.25, 0.3) is 0 Å². The predicted molar refractivity (Wildman–Crippen MR) is 43.6 cm³/mol. The summed E-state index contributed by atoms with van der Waals surface area (Å²) in [5, 5.41) is 8.72. The second-order valence-corrected chi connectivity index (χ2v) is 3.12. The fourth-order valence-electron chi connectivity index (χ4n) is 0.623. The van der Waals surface area contributed by atoms with Crippen LogP contribution in [0.4, 0.5) is 8.78 Å². The molecule has 0 atom stereocenters. The zero-order chi connectivity index (χ0) is 9.30. The third-order valence-corrected chi connectivity index (χ3v) is 2.03. The van der Waals surface area contributed by atoms with Crippen LogP contribution in [-0.2, 0) is 0 Å². The van der Waals surface area contributed by atoms with Crippen molar-refractivity contribution in [2.45, 2.75) is 6.43 Å². The number of nitrogens with zero attached hydrogens (tertiary/aromatic N) is 1. The number of rotatable bonds is 1. The van der Waals surface area contributed by atoms with E-state index in [4.69, 9.17) is 16.7 Å². The van der Waals surface area contributed by atoms with Gasteiger partial charge in [0.25, 0.3) is 6.43 Å². The summed E-state index contributed by atoms with van der Waals surface area (Å²) in [6, 6.07) is 1.01. The van der Waals surface area contributed by atoms with Gasteiger partial charge >= 0.3 is 0 Å². The van der Waals surface area contributed by atoms with Crippen molar-refractivity contribution in [2.75, 3.05) is 0 Å². The van der Waals surface area contributed by atoms with Crippen LogP contribution >= 0.6 is 27.5 Å². The van der Waals surface area contributed by atoms with Crippen molar-refractivity contribution in [1.29, 1.82) is 0 Å². The summed E-state index contributed by atoms with van der Waals surface area (Å²) in [6.07, 6.45) is -2.74. The topological polar surface area (TPSA) is 33.1 Å². The first kappa shape index (κ1) is 9.67. The largest absolute Gasteiger partial charge is 0.505 e. The lowest BCUT2D eigenvalue weighted by molar-refractivity contribution is 0.146. The Morgan fingerprint density at radius 2 is 2.17 bits per heavy atom. The van der Waals surface area contributed by atoms with Gasteiger partial charge in [0, 0.05) is 6.07 Å². The minimum Gasteiger partial charge on any atom is -0.505 e. The Balaban J connectivity index is 3.23. The first-order valence-corrected chi connectivity index (χ1v) is 4.02. The van der Waals surface area contributed by atoms with Crippen LogP contribution in [0.5, 0.6) is 5.75 Å². The maximum absolute atomic E-state index is 12.1. The number of aromatic nitrogens is 1. The third kappa shape index (κ3) is 1.84. The van der Waals surface area contributed by atoms with Gasteiger partial charge < -0.3 is 5.11 Å². The summed E-state index contributed by atoms with van der Waals surface area (Å²) in [5.41, 5.74) is -0.540. The third-order valence-electron chi connectivity index (χ3n) is 1.14. The standard InChI is InChI=1S/C6H3BrClF2NO/c7-5-3(12)1-2(8)4(11-5)6(9)10/h1,6,12H. The van der Waals surface area contributed by atoms with Crippen LogP contribution in [0, 0.1) is 0 Å². The number of hydrogen-bond acceptors (Lipinski definition) is 2. The van der Waals surface area contributed by atoms with Gasteiger partial charge in [0.05, 0.1) is 5.02 Å². The van der Waals surface area contributed by atoms with Gasteiger partial charge in [-0.2, -0.15) is 0 Å². The molecule has 0 saturated carbocycles. The van der Waals surface area contributed by atoms with Gasteiger partial charge in [-0.1, -0.05) is 11.6 Å². The average molecular weight is 258 g/mol. The van der Waals surface area contributed by atoms with Gasteiger partial charge in [-0.25, -0.2) is 13.8 Å². The smallest absolute Gasteiger partial charge is 0.281 e. The molecule has 0 aliphatic carbocycles. The highest BCUT2D eigenvalue weighted by molar-refractivity contribution is 9.10. The van der Waals surface area contributed by atoms with E-state index in [1.165, 1.54) is 0 Å². The first-order chi connectivity index (χ1) is 5.52. The molecule has 0 saturated heterocycles. The van der Waals surface area contributed by atoms with E-state index >= 15 is 0 Å². The van der Waals surface area contributed by atoms with Gasteiger partial charge in [-0.05, 0) is 15.9 Å². The van der Waals surface area contributed by atoms with E-state index in [0.717, 1.165) is 6.07 Å². The molecule has 1 aromatic heterocycles. The van der Waals surface area contributed by atoms with E-state index in [1.54, 1.807) is 0 Å². The summed E-state index contributed by atoms with van der Waals surface area (Å²) in [4.78, 5) is 3.36. The summed E-state index contributed by atoms with van der Waals surface area (Å²) in [7, 11) is 0. The molecule has 0 spiro atoms. The molecule has 0 aromatic carbocycles. The van der Waals surface area contributed by atoms with Crippen molar-refractivity contribution >= 4 is 27.5 Å². The normalized spacial score (nSPS) is 10.8. The maximum Gasteiger partial charge on any atom is 0.281 e. The highest BCUT2D eigenvalue weighted by Gasteiger charge is 2.16.